The lowest BCUT2D eigenvalue weighted by molar-refractivity contribution is -0.422. The molecule has 0 radical (unpaired) electrons. The predicted molar refractivity (Wildman–Crippen MR) is 60.1 cm³/mol. The molecule has 1 rings (SSSR count). The van der Waals surface area contributed by atoms with Crippen molar-refractivity contribution >= 4 is 12.0 Å². The smallest absolute Gasteiger partial charge is 0.341 e. The Morgan fingerprint density at radius 3 is 2.71 bits per heavy atom. The molecule has 0 unspecified atom stereocenters. The first-order valence-electron chi connectivity index (χ1n) is 4.69. The molecule has 0 saturated carbocycles. The number of hydrogen-bond acceptors (Lipinski definition) is 5. The minimum absolute atomic E-state index is 0.0302. The van der Waals surface area contributed by atoms with E-state index in [-0.39, 0.29) is 17.0 Å². The second kappa shape index (κ2) is 5.11. The largest absolute Gasteiger partial charge is 0.507 e. The highest BCUT2D eigenvalue weighted by Gasteiger charge is 2.12. The summed E-state index contributed by atoms with van der Waals surface area (Å²) in [5, 5.41) is 19.9. The summed E-state index contributed by atoms with van der Waals surface area (Å²) in [6.07, 6.45) is 1.30. The number of aromatic hydroxyl groups is 1. The summed E-state index contributed by atoms with van der Waals surface area (Å²) in [7, 11) is 1.19. The van der Waals surface area contributed by atoms with Crippen molar-refractivity contribution < 1.29 is 19.6 Å². The first-order valence-corrected chi connectivity index (χ1v) is 4.69. The van der Waals surface area contributed by atoms with Gasteiger partial charge >= 0.3 is 5.97 Å². The molecule has 0 aliphatic carbocycles. The lowest BCUT2D eigenvalue weighted by Gasteiger charge is -2.03. The van der Waals surface area contributed by atoms with Crippen molar-refractivity contribution in [1.29, 1.82) is 0 Å². The Hall–Kier alpha value is -2.37. The van der Waals surface area contributed by atoms with Crippen molar-refractivity contribution in [1.82, 2.24) is 0 Å². The normalized spacial score (nSPS) is 11.1. The number of rotatable bonds is 3. The maximum Gasteiger partial charge on any atom is 0.341 e. The van der Waals surface area contributed by atoms with Crippen LogP contribution in [-0.4, -0.2) is 23.1 Å². The molecule has 0 spiro atoms. The number of allylic oxidation sites excluding steroid dienone is 1. The second-order valence-electron chi connectivity index (χ2n) is 3.31. The molecule has 0 aliphatic heterocycles. The first-order chi connectivity index (χ1) is 7.95. The molecule has 0 atom stereocenters. The number of nitro groups is 1. The molecule has 17 heavy (non-hydrogen) atoms. The van der Waals surface area contributed by atoms with Crippen molar-refractivity contribution in [2.45, 2.75) is 6.92 Å². The van der Waals surface area contributed by atoms with E-state index in [1.165, 1.54) is 38.3 Å². The van der Waals surface area contributed by atoms with Crippen LogP contribution in [0.3, 0.4) is 0 Å². The first kappa shape index (κ1) is 12.7. The highest BCUT2D eigenvalue weighted by atomic mass is 16.6. The zero-order chi connectivity index (χ0) is 13.0. The maximum absolute atomic E-state index is 11.3. The fourth-order valence-electron chi connectivity index (χ4n) is 1.21. The molecular weight excluding hydrogens is 226 g/mol. The molecular formula is C11H11NO5. The zero-order valence-corrected chi connectivity index (χ0v) is 9.34. The van der Waals surface area contributed by atoms with E-state index in [4.69, 9.17) is 0 Å². The van der Waals surface area contributed by atoms with Gasteiger partial charge in [-0.05, 0) is 17.7 Å². The summed E-state index contributed by atoms with van der Waals surface area (Å²) in [6.45, 7) is 1.34. The van der Waals surface area contributed by atoms with E-state index in [9.17, 15) is 20.0 Å². The van der Waals surface area contributed by atoms with Crippen LogP contribution in [0, 0.1) is 10.1 Å². The number of carbonyl (C=O) groups excluding carboxylic acids is 1. The fraction of sp³-hybridized carbons (Fsp3) is 0.182. The van der Waals surface area contributed by atoms with Crippen LogP contribution < -0.4 is 0 Å². The number of phenolic OH excluding ortho intramolecular Hbond substituents is 1. The minimum atomic E-state index is -0.698. The molecule has 1 aromatic carbocycles. The molecule has 0 aliphatic rings. The maximum atomic E-state index is 11.3. The van der Waals surface area contributed by atoms with Crippen LogP contribution in [0.5, 0.6) is 5.75 Å². The van der Waals surface area contributed by atoms with E-state index in [1.54, 1.807) is 0 Å². The van der Waals surface area contributed by atoms with Gasteiger partial charge in [0.05, 0.1) is 12.0 Å². The molecule has 90 valence electrons. The molecule has 6 nitrogen and oxygen atoms in total. The van der Waals surface area contributed by atoms with Gasteiger partial charge in [-0.2, -0.15) is 0 Å². The van der Waals surface area contributed by atoms with Gasteiger partial charge in [-0.25, -0.2) is 4.79 Å². The van der Waals surface area contributed by atoms with Crippen molar-refractivity contribution in [3.05, 3.63) is 45.1 Å². The van der Waals surface area contributed by atoms with Crippen LogP contribution in [-0.2, 0) is 4.74 Å². The summed E-state index contributed by atoms with van der Waals surface area (Å²) in [5.74, 6) is -0.927. The van der Waals surface area contributed by atoms with Crippen molar-refractivity contribution in [3.8, 4) is 5.75 Å². The van der Waals surface area contributed by atoms with Gasteiger partial charge in [0.15, 0.2) is 0 Å². The number of ether oxygens (including phenoxy) is 1. The Labute approximate surface area is 97.3 Å². The molecule has 0 fully saturated rings. The molecule has 1 aromatic rings. The number of hydrogen-bond donors (Lipinski definition) is 1. The monoisotopic (exact) mass is 237 g/mol. The van der Waals surface area contributed by atoms with Crippen molar-refractivity contribution in [2.24, 2.45) is 0 Å². The summed E-state index contributed by atoms with van der Waals surface area (Å²) in [6, 6.07) is 4.08. The zero-order valence-electron chi connectivity index (χ0n) is 9.34. The van der Waals surface area contributed by atoms with E-state index >= 15 is 0 Å². The molecule has 0 amide bonds. The van der Waals surface area contributed by atoms with Crippen LogP contribution in [0.4, 0.5) is 0 Å². The van der Waals surface area contributed by atoms with Crippen LogP contribution in [0.15, 0.2) is 23.9 Å². The SMILES string of the molecule is COC(=O)c1cc(C=C(C)[N+](=O)[O-])ccc1O. The fourth-order valence-corrected chi connectivity index (χ4v) is 1.21. The van der Waals surface area contributed by atoms with Gasteiger partial charge in [0.2, 0.25) is 5.70 Å². The quantitative estimate of drug-likeness (QED) is 0.492. The number of phenols is 1. The van der Waals surface area contributed by atoms with Crippen LogP contribution >= 0.6 is 0 Å². The molecule has 0 heterocycles. The molecule has 0 bridgehead atoms. The van der Waals surface area contributed by atoms with Gasteiger partial charge in [-0.3, -0.25) is 10.1 Å². The number of methoxy groups -OCH3 is 1. The predicted octanol–water partition coefficient (Wildman–Crippen LogP) is 1.82. The standard InChI is InChI=1S/C11H11NO5/c1-7(12(15)16)5-8-3-4-10(13)9(6-8)11(14)17-2/h3-6,13H,1-2H3. The lowest BCUT2D eigenvalue weighted by atomic mass is 10.1. The molecule has 0 saturated heterocycles. The summed E-state index contributed by atoms with van der Waals surface area (Å²) in [4.78, 5) is 21.2. The van der Waals surface area contributed by atoms with Gasteiger partial charge < -0.3 is 9.84 Å². The summed E-state index contributed by atoms with van der Waals surface area (Å²) < 4.78 is 4.47. The highest BCUT2D eigenvalue weighted by molar-refractivity contribution is 5.93. The molecule has 0 aromatic heterocycles. The topological polar surface area (TPSA) is 89.7 Å². The van der Waals surface area contributed by atoms with E-state index in [0.717, 1.165) is 0 Å². The van der Waals surface area contributed by atoms with E-state index in [0.29, 0.717) is 5.56 Å². The third-order valence-electron chi connectivity index (χ3n) is 2.09. The van der Waals surface area contributed by atoms with Gasteiger partial charge in [-0.1, -0.05) is 6.07 Å². The van der Waals surface area contributed by atoms with E-state index in [1.807, 2.05) is 0 Å². The van der Waals surface area contributed by atoms with Gasteiger partial charge in [0.1, 0.15) is 11.3 Å². The van der Waals surface area contributed by atoms with Crippen LogP contribution in [0.25, 0.3) is 6.08 Å². The van der Waals surface area contributed by atoms with E-state index in [2.05, 4.69) is 4.74 Å². The number of esters is 1. The second-order valence-corrected chi connectivity index (χ2v) is 3.31. The highest BCUT2D eigenvalue weighted by Crippen LogP contribution is 2.20. The van der Waals surface area contributed by atoms with Crippen LogP contribution in [0.1, 0.15) is 22.8 Å². The number of benzene rings is 1. The molecule has 1 N–H and O–H groups in total. The Morgan fingerprint density at radius 2 is 2.18 bits per heavy atom. The Kier molecular flexibility index (Phi) is 3.82. The van der Waals surface area contributed by atoms with Gasteiger partial charge in [0, 0.05) is 13.0 Å². The molecule has 6 heteroatoms. The third-order valence-corrected chi connectivity index (χ3v) is 2.09. The average Bonchev–Trinajstić information content (AvgIpc) is 2.30. The van der Waals surface area contributed by atoms with Crippen LogP contribution in [0.2, 0.25) is 0 Å². The average molecular weight is 237 g/mol. The Balaban J connectivity index is 3.17. The number of carbonyl (C=O) groups is 1. The Bertz CT molecular complexity index is 493. The lowest BCUT2D eigenvalue weighted by Crippen LogP contribution is -2.02. The van der Waals surface area contributed by atoms with E-state index < -0.39 is 10.9 Å². The minimum Gasteiger partial charge on any atom is -0.507 e. The van der Waals surface area contributed by atoms with Crippen molar-refractivity contribution in [2.75, 3.05) is 7.11 Å². The number of nitrogens with zero attached hydrogens (tertiary/aromatic N) is 1. The third kappa shape index (κ3) is 3.04. The Morgan fingerprint density at radius 1 is 1.53 bits per heavy atom. The van der Waals surface area contributed by atoms with Crippen molar-refractivity contribution in [3.63, 3.8) is 0 Å². The van der Waals surface area contributed by atoms with Gasteiger partial charge in [-0.15, -0.1) is 0 Å². The summed E-state index contributed by atoms with van der Waals surface area (Å²) in [5.41, 5.74) is 0.348. The van der Waals surface area contributed by atoms with Gasteiger partial charge in [0.25, 0.3) is 0 Å². The summed E-state index contributed by atoms with van der Waals surface area (Å²) >= 11 is 0.